The van der Waals surface area contributed by atoms with Crippen LogP contribution in [0.3, 0.4) is 0 Å². The van der Waals surface area contributed by atoms with Crippen LogP contribution >= 0.6 is 31.9 Å². The number of ether oxygens (including phenoxy) is 2. The number of nitro benzene ring substituents is 2. The van der Waals surface area contributed by atoms with Crippen molar-refractivity contribution in [1.82, 2.24) is 0 Å². The lowest BCUT2D eigenvalue weighted by molar-refractivity contribution is -0.385. The third-order valence-corrected chi connectivity index (χ3v) is 12.5. The van der Waals surface area contributed by atoms with E-state index < -0.39 is 32.1 Å². The predicted octanol–water partition coefficient (Wildman–Crippen LogP) is 9.75. The van der Waals surface area contributed by atoms with Crippen molar-refractivity contribution in [2.24, 2.45) is 0 Å². The van der Waals surface area contributed by atoms with Gasteiger partial charge in [-0.25, -0.2) is 0 Å². The highest BCUT2D eigenvalue weighted by Crippen LogP contribution is 2.63. The molecule has 2 atom stereocenters. The van der Waals surface area contributed by atoms with Crippen LogP contribution in [0, 0.1) is 20.2 Å². The number of nitro groups is 2. The van der Waals surface area contributed by atoms with E-state index in [1.807, 2.05) is 38.4 Å². The molecule has 0 radical (unpaired) electrons. The fraction of sp³-hybridized carbons (Fsp3) is 0.263. The van der Waals surface area contributed by atoms with Crippen molar-refractivity contribution in [1.29, 1.82) is 0 Å². The average Bonchev–Trinajstić information content (AvgIpc) is 3.35. The van der Waals surface area contributed by atoms with E-state index in [-0.39, 0.29) is 11.4 Å². The average molecular weight is 801 g/mol. The van der Waals surface area contributed by atoms with Gasteiger partial charge in [0.2, 0.25) is 11.4 Å². The van der Waals surface area contributed by atoms with Crippen molar-refractivity contribution in [2.75, 3.05) is 23.9 Å². The highest BCUT2D eigenvalue weighted by Gasteiger charge is 2.61. The van der Waals surface area contributed by atoms with Crippen LogP contribution < -0.4 is 19.3 Å². The first-order valence-corrected chi connectivity index (χ1v) is 17.6. The second kappa shape index (κ2) is 10.4. The summed E-state index contributed by atoms with van der Waals surface area (Å²) in [5, 5.41) is 23.0. The molecule has 8 rings (SSSR count). The Labute approximate surface area is 305 Å². The molecule has 0 aromatic heterocycles. The van der Waals surface area contributed by atoms with Crippen molar-refractivity contribution in [3.63, 3.8) is 0 Å². The predicted molar refractivity (Wildman–Crippen MR) is 201 cm³/mol. The minimum atomic E-state index is -0.941. The lowest BCUT2D eigenvalue weighted by atomic mass is 9.75. The van der Waals surface area contributed by atoms with Crippen molar-refractivity contribution in [3.05, 3.63) is 124 Å². The van der Waals surface area contributed by atoms with Gasteiger partial charge in [-0.05, 0) is 76.3 Å². The summed E-state index contributed by atoms with van der Waals surface area (Å²) in [6.45, 7) is 8.62. The third-order valence-electron chi connectivity index (χ3n) is 11.2. The molecule has 4 heterocycles. The molecule has 4 aliphatic rings. The van der Waals surface area contributed by atoms with Gasteiger partial charge in [-0.1, -0.05) is 44.0 Å². The highest BCUT2D eigenvalue weighted by atomic mass is 79.9. The Morgan fingerprint density at radius 3 is 1.36 bits per heavy atom. The number of benzene rings is 4. The smallest absolute Gasteiger partial charge is 0.270 e. The Kier molecular flexibility index (Phi) is 6.78. The summed E-state index contributed by atoms with van der Waals surface area (Å²) in [6, 6.07) is 17.8. The lowest BCUT2D eigenvalue weighted by Crippen LogP contribution is -2.58. The summed E-state index contributed by atoms with van der Waals surface area (Å²) in [5.74, 6) is 1.15. The van der Waals surface area contributed by atoms with Gasteiger partial charge in [0.05, 0.1) is 32.1 Å². The summed E-state index contributed by atoms with van der Waals surface area (Å²) in [6.07, 6.45) is 7.85. The monoisotopic (exact) mass is 798 g/mol. The largest absolute Gasteiger partial charge is 0.463 e. The van der Waals surface area contributed by atoms with E-state index >= 15 is 0 Å². The number of hydrogen-bond donors (Lipinski definition) is 0. The Morgan fingerprint density at radius 1 is 0.620 bits per heavy atom. The fourth-order valence-corrected chi connectivity index (χ4v) is 10.2. The maximum Gasteiger partial charge on any atom is 0.270 e. The van der Waals surface area contributed by atoms with Gasteiger partial charge in [0, 0.05) is 80.7 Å². The number of hydrogen-bond acceptors (Lipinski definition) is 8. The molecule has 2 spiro atoms. The maximum atomic E-state index is 11.5. The number of rotatable bonds is 3. The molecule has 4 aromatic rings. The zero-order valence-corrected chi connectivity index (χ0v) is 31.2. The Balaban J connectivity index is 1.28. The molecule has 0 saturated heterocycles. The number of anilines is 2. The molecule has 0 bridgehead atoms. The van der Waals surface area contributed by atoms with E-state index in [1.54, 1.807) is 12.1 Å². The zero-order chi connectivity index (χ0) is 35.7. The van der Waals surface area contributed by atoms with Crippen LogP contribution in [0.25, 0.3) is 23.3 Å². The topological polar surface area (TPSA) is 111 Å². The number of fused-ring (bicyclic) bond motifs is 4. The van der Waals surface area contributed by atoms with Crippen molar-refractivity contribution < 1.29 is 19.3 Å². The molecule has 0 amide bonds. The van der Waals surface area contributed by atoms with Gasteiger partial charge < -0.3 is 19.3 Å². The summed E-state index contributed by atoms with van der Waals surface area (Å²) in [4.78, 5) is 26.5. The molecule has 12 heteroatoms. The number of non-ortho nitro benzene ring substituents is 2. The quantitative estimate of drug-likeness (QED) is 0.149. The van der Waals surface area contributed by atoms with Gasteiger partial charge in [-0.15, -0.1) is 0 Å². The molecule has 0 saturated carbocycles. The minimum absolute atomic E-state index is 0.0100. The third kappa shape index (κ3) is 4.00. The molecule has 10 nitrogen and oxygen atoms in total. The fourth-order valence-electron chi connectivity index (χ4n) is 8.57. The van der Waals surface area contributed by atoms with Crippen LogP contribution in [0.15, 0.2) is 81.8 Å². The van der Waals surface area contributed by atoms with Crippen molar-refractivity contribution in [3.8, 4) is 22.6 Å². The summed E-state index contributed by atoms with van der Waals surface area (Å²) < 4.78 is 15.7. The zero-order valence-electron chi connectivity index (χ0n) is 28.1. The molecule has 0 N–H and O–H groups in total. The Hall–Kier alpha value is -4.68. The molecule has 50 heavy (non-hydrogen) atoms. The Bertz CT molecular complexity index is 2120. The number of halogens is 2. The maximum absolute atomic E-state index is 11.5. The lowest BCUT2D eigenvalue weighted by Gasteiger charge is -2.46. The number of nitrogens with zero attached hydrogens (tertiary/aromatic N) is 4. The van der Waals surface area contributed by atoms with E-state index in [4.69, 9.17) is 9.47 Å². The van der Waals surface area contributed by atoms with Crippen LogP contribution in [0.2, 0.25) is 0 Å². The standard InChI is InChI=1S/C38H32Br2N4O6/c1-35(2)31-27(39)11-9-25(33(31)41(5)37(35)17-15-21-19-23(43(45)46)7-13-29(21)49-37)26-10-12-28(40)32-34(26)42(6)38(36(32,3)4)18-16-22-20-24(44(47)48)8-14-30(22)50-38/h7-20H,1-6H3/t37-,38-/m0/s1. The normalized spacial score (nSPS) is 22.9. The molecule has 0 fully saturated rings. The minimum Gasteiger partial charge on any atom is -0.463 e. The molecule has 254 valence electrons. The van der Waals surface area contributed by atoms with Crippen LogP contribution in [0.4, 0.5) is 22.7 Å². The van der Waals surface area contributed by atoms with Gasteiger partial charge in [-0.3, -0.25) is 20.2 Å². The highest BCUT2D eigenvalue weighted by molar-refractivity contribution is 9.10. The molecule has 0 aliphatic carbocycles. The molecular formula is C38H32Br2N4O6. The van der Waals surface area contributed by atoms with E-state index in [9.17, 15) is 20.2 Å². The van der Waals surface area contributed by atoms with Gasteiger partial charge in [0.25, 0.3) is 11.4 Å². The van der Waals surface area contributed by atoms with Crippen LogP contribution in [-0.2, 0) is 10.8 Å². The Morgan fingerprint density at radius 2 is 1.00 bits per heavy atom. The molecule has 4 aliphatic heterocycles. The summed E-state index contributed by atoms with van der Waals surface area (Å²) >= 11 is 7.77. The van der Waals surface area contributed by atoms with Crippen molar-refractivity contribution in [2.45, 2.75) is 50.0 Å². The molecule has 4 aromatic carbocycles. The van der Waals surface area contributed by atoms with E-state index in [2.05, 4.69) is 93.6 Å². The van der Waals surface area contributed by atoms with Crippen molar-refractivity contribution >= 4 is 66.8 Å². The van der Waals surface area contributed by atoms with Gasteiger partial charge in [-0.2, -0.15) is 0 Å². The summed E-state index contributed by atoms with van der Waals surface area (Å²) in [5.41, 5.74) is 4.43. The first kappa shape index (κ1) is 32.5. The van der Waals surface area contributed by atoms with E-state index in [0.717, 1.165) is 42.6 Å². The van der Waals surface area contributed by atoms with E-state index in [0.29, 0.717) is 22.6 Å². The van der Waals surface area contributed by atoms with Crippen LogP contribution in [0.5, 0.6) is 11.5 Å². The second-order valence-corrected chi connectivity index (χ2v) is 15.9. The van der Waals surface area contributed by atoms with E-state index in [1.165, 1.54) is 24.3 Å². The van der Waals surface area contributed by atoms with Gasteiger partial charge in [0.1, 0.15) is 11.5 Å². The number of likely N-dealkylation sites (N-methyl/N-ethyl adjacent to an activating group) is 2. The summed E-state index contributed by atoms with van der Waals surface area (Å²) in [7, 11) is 4.06. The van der Waals surface area contributed by atoms with Crippen LogP contribution in [-0.4, -0.2) is 35.4 Å². The molecular weight excluding hydrogens is 768 g/mol. The second-order valence-electron chi connectivity index (χ2n) is 14.2. The SMILES string of the molecule is CN1c2c(-c3ccc(Br)c4c3N(C)[C@]3(C=Cc5cc([N+](=O)[O-])ccc5O3)C4(C)C)ccc(Br)c2C(C)(C)[C@@]12C=Cc1cc([N+](=O)[O-])ccc1O2. The van der Waals surface area contributed by atoms with Crippen LogP contribution in [0.1, 0.15) is 49.9 Å². The first-order valence-electron chi connectivity index (χ1n) is 16.0. The first-order chi connectivity index (χ1) is 23.6. The van der Waals surface area contributed by atoms with Gasteiger partial charge >= 0.3 is 0 Å². The van der Waals surface area contributed by atoms with Gasteiger partial charge in [0.15, 0.2) is 0 Å². The molecule has 0 unspecified atom stereocenters.